The van der Waals surface area contributed by atoms with Gasteiger partial charge in [0, 0.05) is 23.2 Å². The standard InChI is InChI=1S/C16H15NO3/c1-2-15(19)11-3-5-12(6-4-11)16(20)17-13-7-9-14(18)10-8-13/h3-10,18H,2H2,1H3,(H,17,20). The maximum atomic E-state index is 12.0. The molecule has 2 N–H and O–H groups in total. The van der Waals surface area contributed by atoms with Crippen LogP contribution >= 0.6 is 0 Å². The van der Waals surface area contributed by atoms with Crippen LogP contribution in [0, 0.1) is 0 Å². The number of hydrogen-bond acceptors (Lipinski definition) is 3. The average molecular weight is 269 g/mol. The summed E-state index contributed by atoms with van der Waals surface area (Å²) >= 11 is 0. The number of anilines is 1. The molecule has 2 aromatic carbocycles. The van der Waals surface area contributed by atoms with Gasteiger partial charge in [-0.2, -0.15) is 0 Å². The zero-order valence-corrected chi connectivity index (χ0v) is 11.1. The number of phenolic OH excluding ortho intramolecular Hbond substituents is 1. The van der Waals surface area contributed by atoms with E-state index < -0.39 is 0 Å². The van der Waals surface area contributed by atoms with Crippen molar-refractivity contribution in [1.29, 1.82) is 0 Å². The van der Waals surface area contributed by atoms with E-state index in [1.54, 1.807) is 43.3 Å². The van der Waals surface area contributed by atoms with E-state index in [0.29, 0.717) is 23.2 Å². The lowest BCUT2D eigenvalue weighted by atomic mass is 10.1. The van der Waals surface area contributed by atoms with Crippen molar-refractivity contribution in [3.05, 3.63) is 59.7 Å². The van der Waals surface area contributed by atoms with E-state index in [9.17, 15) is 9.59 Å². The number of nitrogens with one attached hydrogen (secondary N) is 1. The van der Waals surface area contributed by atoms with Crippen molar-refractivity contribution in [1.82, 2.24) is 0 Å². The fraction of sp³-hybridized carbons (Fsp3) is 0.125. The second-order valence-electron chi connectivity index (χ2n) is 4.36. The van der Waals surface area contributed by atoms with Gasteiger partial charge in [0.1, 0.15) is 5.75 Å². The Kier molecular flexibility index (Phi) is 4.15. The Balaban J connectivity index is 2.09. The van der Waals surface area contributed by atoms with Crippen LogP contribution in [0.1, 0.15) is 34.1 Å². The van der Waals surface area contributed by atoms with Gasteiger partial charge in [0.2, 0.25) is 0 Å². The van der Waals surface area contributed by atoms with Crippen LogP contribution in [0.2, 0.25) is 0 Å². The number of Topliss-reactive ketones (excluding diaryl/α,β-unsaturated/α-hetero) is 1. The molecule has 0 aliphatic heterocycles. The number of rotatable bonds is 4. The van der Waals surface area contributed by atoms with Gasteiger partial charge in [-0.25, -0.2) is 0 Å². The summed E-state index contributed by atoms with van der Waals surface area (Å²) in [7, 11) is 0. The van der Waals surface area contributed by atoms with Gasteiger partial charge in [0.25, 0.3) is 5.91 Å². The molecule has 1 amide bonds. The molecule has 0 atom stereocenters. The van der Waals surface area contributed by atoms with Gasteiger partial charge in [-0.15, -0.1) is 0 Å². The Labute approximate surface area is 117 Å². The van der Waals surface area contributed by atoms with Gasteiger partial charge >= 0.3 is 0 Å². The molecule has 0 saturated carbocycles. The van der Waals surface area contributed by atoms with Crippen LogP contribution in [0.15, 0.2) is 48.5 Å². The molecule has 4 heteroatoms. The molecule has 0 spiro atoms. The summed E-state index contributed by atoms with van der Waals surface area (Å²) in [5.41, 5.74) is 1.68. The van der Waals surface area contributed by atoms with Crippen molar-refractivity contribution in [3.8, 4) is 5.75 Å². The number of amides is 1. The second kappa shape index (κ2) is 6.02. The number of carbonyl (C=O) groups is 2. The van der Waals surface area contributed by atoms with Crippen molar-refractivity contribution in [3.63, 3.8) is 0 Å². The molecule has 20 heavy (non-hydrogen) atoms. The lowest BCUT2D eigenvalue weighted by molar-refractivity contribution is 0.0984. The lowest BCUT2D eigenvalue weighted by Gasteiger charge is -2.06. The minimum atomic E-state index is -0.258. The van der Waals surface area contributed by atoms with Crippen molar-refractivity contribution in [2.75, 3.05) is 5.32 Å². The topological polar surface area (TPSA) is 66.4 Å². The molecule has 0 radical (unpaired) electrons. The van der Waals surface area contributed by atoms with Crippen LogP contribution in [0.25, 0.3) is 0 Å². The largest absolute Gasteiger partial charge is 0.508 e. The van der Waals surface area contributed by atoms with Gasteiger partial charge in [-0.05, 0) is 36.4 Å². The van der Waals surface area contributed by atoms with Crippen LogP contribution in [0.5, 0.6) is 5.75 Å². The van der Waals surface area contributed by atoms with Crippen LogP contribution < -0.4 is 5.32 Å². The number of aromatic hydroxyl groups is 1. The van der Waals surface area contributed by atoms with Gasteiger partial charge in [0.15, 0.2) is 5.78 Å². The number of phenols is 1. The Morgan fingerprint density at radius 2 is 1.50 bits per heavy atom. The van der Waals surface area contributed by atoms with E-state index in [1.807, 2.05) is 0 Å². The molecule has 0 fully saturated rings. The van der Waals surface area contributed by atoms with Crippen LogP contribution in [-0.4, -0.2) is 16.8 Å². The molecule has 0 heterocycles. The predicted octanol–water partition coefficient (Wildman–Crippen LogP) is 3.24. The molecular weight excluding hydrogens is 254 g/mol. The summed E-state index contributed by atoms with van der Waals surface area (Å²) < 4.78 is 0. The van der Waals surface area contributed by atoms with Gasteiger partial charge in [-0.3, -0.25) is 9.59 Å². The molecule has 2 rings (SSSR count). The predicted molar refractivity (Wildman–Crippen MR) is 77.1 cm³/mol. The molecule has 0 aliphatic rings. The summed E-state index contributed by atoms with van der Waals surface area (Å²) in [6.07, 6.45) is 0.444. The monoisotopic (exact) mass is 269 g/mol. The molecule has 4 nitrogen and oxygen atoms in total. The van der Waals surface area contributed by atoms with E-state index >= 15 is 0 Å². The summed E-state index contributed by atoms with van der Waals surface area (Å²) in [4.78, 5) is 23.5. The molecule has 0 saturated heterocycles. The number of carbonyl (C=O) groups excluding carboxylic acids is 2. The quantitative estimate of drug-likeness (QED) is 0.661. The van der Waals surface area contributed by atoms with Crippen molar-refractivity contribution in [2.45, 2.75) is 13.3 Å². The molecule has 0 bridgehead atoms. The Morgan fingerprint density at radius 1 is 0.950 bits per heavy atom. The zero-order valence-electron chi connectivity index (χ0n) is 11.1. The summed E-state index contributed by atoms with van der Waals surface area (Å²) in [5.74, 6) is -0.0629. The van der Waals surface area contributed by atoms with E-state index in [1.165, 1.54) is 12.1 Å². The minimum absolute atomic E-state index is 0.0514. The normalized spacial score (nSPS) is 10.1. The molecule has 2 aromatic rings. The van der Waals surface area contributed by atoms with Gasteiger partial charge < -0.3 is 10.4 Å². The zero-order chi connectivity index (χ0) is 14.5. The lowest BCUT2D eigenvalue weighted by Crippen LogP contribution is -2.12. The van der Waals surface area contributed by atoms with Crippen LogP contribution in [-0.2, 0) is 0 Å². The van der Waals surface area contributed by atoms with Crippen molar-refractivity contribution < 1.29 is 14.7 Å². The summed E-state index contributed by atoms with van der Waals surface area (Å²) in [6.45, 7) is 1.80. The first-order chi connectivity index (χ1) is 9.60. The highest BCUT2D eigenvalue weighted by atomic mass is 16.3. The van der Waals surface area contributed by atoms with Crippen molar-refractivity contribution >= 4 is 17.4 Å². The Hall–Kier alpha value is -2.62. The van der Waals surface area contributed by atoms with Crippen LogP contribution in [0.4, 0.5) is 5.69 Å². The second-order valence-corrected chi connectivity index (χ2v) is 4.36. The molecule has 0 aliphatic carbocycles. The number of hydrogen-bond donors (Lipinski definition) is 2. The minimum Gasteiger partial charge on any atom is -0.508 e. The highest BCUT2D eigenvalue weighted by Gasteiger charge is 2.08. The van der Waals surface area contributed by atoms with E-state index in [-0.39, 0.29) is 17.4 Å². The summed E-state index contributed by atoms with van der Waals surface area (Å²) in [5, 5.41) is 11.9. The fourth-order valence-electron chi connectivity index (χ4n) is 1.76. The van der Waals surface area contributed by atoms with Crippen LogP contribution in [0.3, 0.4) is 0 Å². The smallest absolute Gasteiger partial charge is 0.255 e. The first-order valence-electron chi connectivity index (χ1n) is 6.34. The first kappa shape index (κ1) is 13.8. The molecule has 102 valence electrons. The van der Waals surface area contributed by atoms with E-state index in [2.05, 4.69) is 5.32 Å². The first-order valence-corrected chi connectivity index (χ1v) is 6.34. The van der Waals surface area contributed by atoms with Crippen molar-refractivity contribution in [2.24, 2.45) is 0 Å². The number of ketones is 1. The molecule has 0 aromatic heterocycles. The molecular formula is C16H15NO3. The highest BCUT2D eigenvalue weighted by Crippen LogP contribution is 2.15. The Bertz CT molecular complexity index is 615. The third-order valence-electron chi connectivity index (χ3n) is 2.92. The average Bonchev–Trinajstić information content (AvgIpc) is 2.49. The SMILES string of the molecule is CCC(=O)c1ccc(C(=O)Nc2ccc(O)cc2)cc1. The maximum Gasteiger partial charge on any atom is 0.255 e. The summed E-state index contributed by atoms with van der Waals surface area (Å²) in [6, 6.07) is 12.8. The van der Waals surface area contributed by atoms with Gasteiger partial charge in [0.05, 0.1) is 0 Å². The third kappa shape index (κ3) is 3.23. The van der Waals surface area contributed by atoms with E-state index in [4.69, 9.17) is 5.11 Å². The maximum absolute atomic E-state index is 12.0. The molecule has 0 unspecified atom stereocenters. The Morgan fingerprint density at radius 3 is 2.05 bits per heavy atom. The number of benzene rings is 2. The van der Waals surface area contributed by atoms with E-state index in [0.717, 1.165) is 0 Å². The third-order valence-corrected chi connectivity index (χ3v) is 2.92. The highest BCUT2D eigenvalue weighted by molar-refractivity contribution is 6.05. The fourth-order valence-corrected chi connectivity index (χ4v) is 1.76. The van der Waals surface area contributed by atoms with Gasteiger partial charge in [-0.1, -0.05) is 19.1 Å².